The molecule has 0 bridgehead atoms. The molecule has 0 atom stereocenters. The Kier molecular flexibility index (Phi) is 3.79. The zero-order valence-electron chi connectivity index (χ0n) is 10.2. The van der Waals surface area contributed by atoms with Crippen LogP contribution in [-0.2, 0) is 0 Å². The average molecular weight is 295 g/mol. The predicted molar refractivity (Wildman–Crippen MR) is 66.5 cm³/mol. The van der Waals surface area contributed by atoms with Gasteiger partial charge in [0.15, 0.2) is 0 Å². The van der Waals surface area contributed by atoms with Crippen molar-refractivity contribution in [3.8, 4) is 11.5 Å². The predicted octanol–water partition coefficient (Wildman–Crippen LogP) is 3.36. The monoisotopic (exact) mass is 295 g/mol. The van der Waals surface area contributed by atoms with Crippen LogP contribution in [-0.4, -0.2) is 16.0 Å². The van der Waals surface area contributed by atoms with E-state index in [1.165, 1.54) is 0 Å². The van der Waals surface area contributed by atoms with E-state index >= 15 is 0 Å². The SMILES string of the molecule is O=C(O)c1ccc(F)cc1Oc1cc(F)ccc1[N+](=O)[O-]. The van der Waals surface area contributed by atoms with Gasteiger partial charge in [-0.3, -0.25) is 10.1 Å². The second-order valence-corrected chi connectivity index (χ2v) is 3.92. The Morgan fingerprint density at radius 3 is 2.24 bits per heavy atom. The lowest BCUT2D eigenvalue weighted by atomic mass is 10.2. The fourth-order valence-corrected chi connectivity index (χ4v) is 1.60. The number of carbonyl (C=O) groups is 1. The van der Waals surface area contributed by atoms with Crippen LogP contribution in [0.1, 0.15) is 10.4 Å². The molecule has 0 unspecified atom stereocenters. The number of ether oxygens (including phenoxy) is 1. The number of benzene rings is 2. The molecule has 2 aromatic rings. The van der Waals surface area contributed by atoms with E-state index in [9.17, 15) is 23.7 Å². The molecular formula is C13H7F2NO5. The molecule has 0 spiro atoms. The van der Waals surface area contributed by atoms with Gasteiger partial charge in [0, 0.05) is 18.2 Å². The van der Waals surface area contributed by atoms with E-state index in [1.54, 1.807) is 0 Å². The van der Waals surface area contributed by atoms with Crippen LogP contribution in [0.15, 0.2) is 36.4 Å². The number of carboxylic acids is 1. The Hall–Kier alpha value is -3.03. The minimum Gasteiger partial charge on any atom is -0.478 e. The summed E-state index contributed by atoms with van der Waals surface area (Å²) in [5, 5.41) is 19.8. The van der Waals surface area contributed by atoms with Crippen molar-refractivity contribution in [3.05, 3.63) is 63.7 Å². The van der Waals surface area contributed by atoms with Gasteiger partial charge in [-0.2, -0.15) is 0 Å². The molecule has 0 aromatic heterocycles. The van der Waals surface area contributed by atoms with Crippen molar-refractivity contribution in [1.82, 2.24) is 0 Å². The molecule has 0 amide bonds. The number of rotatable bonds is 4. The maximum atomic E-state index is 13.2. The third-order valence-corrected chi connectivity index (χ3v) is 2.51. The molecule has 6 nitrogen and oxygen atoms in total. The molecule has 0 radical (unpaired) electrons. The van der Waals surface area contributed by atoms with E-state index < -0.39 is 45.3 Å². The molecule has 0 aliphatic rings. The van der Waals surface area contributed by atoms with Crippen LogP contribution in [0.3, 0.4) is 0 Å². The summed E-state index contributed by atoms with van der Waals surface area (Å²) in [4.78, 5) is 21.0. The molecule has 2 aromatic carbocycles. The smallest absolute Gasteiger partial charge is 0.339 e. The van der Waals surface area contributed by atoms with Crippen LogP contribution >= 0.6 is 0 Å². The highest BCUT2D eigenvalue weighted by Gasteiger charge is 2.20. The van der Waals surface area contributed by atoms with Crippen LogP contribution in [0, 0.1) is 21.7 Å². The number of hydrogen-bond acceptors (Lipinski definition) is 4. The highest BCUT2D eigenvalue weighted by Crippen LogP contribution is 2.33. The van der Waals surface area contributed by atoms with Crippen molar-refractivity contribution in [1.29, 1.82) is 0 Å². The Balaban J connectivity index is 2.52. The van der Waals surface area contributed by atoms with Crippen molar-refractivity contribution in [3.63, 3.8) is 0 Å². The first-order valence-corrected chi connectivity index (χ1v) is 5.53. The summed E-state index contributed by atoms with van der Waals surface area (Å²) in [5.41, 5.74) is -0.980. The molecule has 0 saturated carbocycles. The van der Waals surface area contributed by atoms with E-state index in [1.807, 2.05) is 0 Å². The maximum absolute atomic E-state index is 13.2. The van der Waals surface area contributed by atoms with Gasteiger partial charge in [-0.05, 0) is 18.2 Å². The number of nitro groups is 1. The van der Waals surface area contributed by atoms with Crippen LogP contribution in [0.25, 0.3) is 0 Å². The summed E-state index contributed by atoms with van der Waals surface area (Å²) < 4.78 is 31.4. The lowest BCUT2D eigenvalue weighted by Crippen LogP contribution is -2.02. The second kappa shape index (κ2) is 5.53. The highest BCUT2D eigenvalue weighted by atomic mass is 19.1. The molecule has 108 valence electrons. The van der Waals surface area contributed by atoms with Gasteiger partial charge in [0.05, 0.1) is 4.92 Å². The number of aromatic carboxylic acids is 1. The van der Waals surface area contributed by atoms with Gasteiger partial charge in [0.1, 0.15) is 22.9 Å². The lowest BCUT2D eigenvalue weighted by Gasteiger charge is -2.09. The molecule has 0 aliphatic carbocycles. The molecule has 0 fully saturated rings. The molecule has 8 heteroatoms. The van der Waals surface area contributed by atoms with Gasteiger partial charge in [-0.1, -0.05) is 0 Å². The fourth-order valence-electron chi connectivity index (χ4n) is 1.60. The highest BCUT2D eigenvalue weighted by molar-refractivity contribution is 5.91. The normalized spacial score (nSPS) is 10.2. The molecule has 0 aliphatic heterocycles. The largest absolute Gasteiger partial charge is 0.478 e. The Labute approximate surface area is 116 Å². The van der Waals surface area contributed by atoms with E-state index in [0.29, 0.717) is 6.07 Å². The Morgan fingerprint density at radius 2 is 1.67 bits per heavy atom. The summed E-state index contributed by atoms with van der Waals surface area (Å²) in [7, 11) is 0. The number of nitrogens with zero attached hydrogens (tertiary/aromatic N) is 1. The van der Waals surface area contributed by atoms with Gasteiger partial charge < -0.3 is 9.84 Å². The maximum Gasteiger partial charge on any atom is 0.339 e. The van der Waals surface area contributed by atoms with Crippen molar-refractivity contribution in [2.24, 2.45) is 0 Å². The molecular weight excluding hydrogens is 288 g/mol. The average Bonchev–Trinajstić information content (AvgIpc) is 2.38. The van der Waals surface area contributed by atoms with Crippen LogP contribution in [0.5, 0.6) is 11.5 Å². The van der Waals surface area contributed by atoms with Crippen LogP contribution in [0.4, 0.5) is 14.5 Å². The van der Waals surface area contributed by atoms with E-state index in [2.05, 4.69) is 0 Å². The van der Waals surface area contributed by atoms with Crippen molar-refractivity contribution in [2.75, 3.05) is 0 Å². The van der Waals surface area contributed by atoms with Crippen molar-refractivity contribution in [2.45, 2.75) is 0 Å². The zero-order valence-corrected chi connectivity index (χ0v) is 10.2. The molecule has 1 N–H and O–H groups in total. The Morgan fingerprint density at radius 1 is 1.10 bits per heavy atom. The first-order chi connectivity index (χ1) is 9.88. The number of halogens is 2. The van der Waals surface area contributed by atoms with Crippen LogP contribution < -0.4 is 4.74 Å². The van der Waals surface area contributed by atoms with Gasteiger partial charge >= 0.3 is 11.7 Å². The number of nitro benzene ring substituents is 1. The third kappa shape index (κ3) is 3.11. The molecule has 0 heterocycles. The standard InChI is InChI=1S/C13H7F2NO5/c14-7-1-3-9(13(17)18)11(5-7)21-12-6-8(15)2-4-10(12)16(19)20/h1-6H,(H,17,18). The quantitative estimate of drug-likeness (QED) is 0.690. The van der Waals surface area contributed by atoms with Gasteiger partial charge in [0.25, 0.3) is 0 Å². The van der Waals surface area contributed by atoms with Crippen molar-refractivity contribution >= 4 is 11.7 Å². The summed E-state index contributed by atoms with van der Waals surface area (Å²) in [5.74, 6) is -4.01. The summed E-state index contributed by atoms with van der Waals surface area (Å²) in [6, 6.07) is 5.03. The lowest BCUT2D eigenvalue weighted by molar-refractivity contribution is -0.385. The molecule has 21 heavy (non-hydrogen) atoms. The molecule has 2 rings (SSSR count). The summed E-state index contributed by atoms with van der Waals surface area (Å²) in [6.45, 7) is 0. The first kappa shape index (κ1) is 14.4. The second-order valence-electron chi connectivity index (χ2n) is 3.92. The van der Waals surface area contributed by atoms with Gasteiger partial charge in [-0.15, -0.1) is 0 Å². The first-order valence-electron chi connectivity index (χ1n) is 5.53. The number of hydrogen-bond donors (Lipinski definition) is 1. The van der Waals surface area contributed by atoms with Gasteiger partial charge in [-0.25, -0.2) is 13.6 Å². The van der Waals surface area contributed by atoms with Gasteiger partial charge in [0.2, 0.25) is 5.75 Å². The third-order valence-electron chi connectivity index (χ3n) is 2.51. The topological polar surface area (TPSA) is 89.7 Å². The molecule has 0 saturated heterocycles. The summed E-state index contributed by atoms with van der Waals surface area (Å²) >= 11 is 0. The van der Waals surface area contributed by atoms with E-state index in [-0.39, 0.29) is 0 Å². The van der Waals surface area contributed by atoms with Crippen LogP contribution in [0.2, 0.25) is 0 Å². The Bertz CT molecular complexity index is 671. The minimum atomic E-state index is -1.41. The zero-order chi connectivity index (χ0) is 15.6. The van der Waals surface area contributed by atoms with E-state index in [4.69, 9.17) is 9.84 Å². The van der Waals surface area contributed by atoms with E-state index in [0.717, 1.165) is 30.3 Å². The fraction of sp³-hybridized carbons (Fsp3) is 0. The number of carboxylic acid groups (broad SMARTS) is 1. The minimum absolute atomic E-state index is 0.407. The summed E-state index contributed by atoms with van der Waals surface area (Å²) in [6.07, 6.45) is 0. The van der Waals surface area contributed by atoms with Crippen molar-refractivity contribution < 1.29 is 28.3 Å².